The van der Waals surface area contributed by atoms with Crippen LogP contribution >= 0.6 is 11.6 Å². The fourth-order valence-electron chi connectivity index (χ4n) is 3.42. The Bertz CT molecular complexity index is 1050. The van der Waals surface area contributed by atoms with E-state index >= 15 is 0 Å². The number of likely N-dealkylation sites (tertiary alicyclic amines) is 1. The van der Waals surface area contributed by atoms with Gasteiger partial charge in [-0.1, -0.05) is 41.0 Å². The minimum absolute atomic E-state index is 0.0206. The van der Waals surface area contributed by atoms with Gasteiger partial charge in [-0.2, -0.15) is 18.2 Å². The smallest absolute Gasteiger partial charge is 0.342 e. The molecule has 30 heavy (non-hydrogen) atoms. The van der Waals surface area contributed by atoms with Gasteiger partial charge in [0.2, 0.25) is 17.6 Å². The molecule has 1 saturated heterocycles. The fraction of sp³-hybridized carbons (Fsp3) is 0.286. The Morgan fingerprint density at radius 3 is 2.67 bits per heavy atom. The van der Waals surface area contributed by atoms with Crippen LogP contribution in [0.1, 0.15) is 29.4 Å². The van der Waals surface area contributed by atoms with Gasteiger partial charge >= 0.3 is 6.18 Å². The van der Waals surface area contributed by atoms with Gasteiger partial charge in [0.1, 0.15) is 0 Å². The van der Waals surface area contributed by atoms with Gasteiger partial charge in [0, 0.05) is 30.1 Å². The molecule has 0 radical (unpaired) electrons. The van der Waals surface area contributed by atoms with Crippen LogP contribution in [0.4, 0.5) is 13.2 Å². The lowest BCUT2D eigenvalue weighted by Gasteiger charge is -2.15. The number of amides is 1. The summed E-state index contributed by atoms with van der Waals surface area (Å²) in [6, 6.07) is 12.2. The lowest BCUT2D eigenvalue weighted by Crippen LogP contribution is -2.27. The quantitative estimate of drug-likeness (QED) is 0.568. The molecule has 1 aliphatic heterocycles. The van der Waals surface area contributed by atoms with Crippen LogP contribution in [0.5, 0.6) is 0 Å². The summed E-state index contributed by atoms with van der Waals surface area (Å²) in [5.74, 6) is 0.0236. The highest BCUT2D eigenvalue weighted by Gasteiger charge is 2.34. The molecule has 5 nitrogen and oxygen atoms in total. The van der Waals surface area contributed by atoms with Crippen LogP contribution in [-0.4, -0.2) is 34.0 Å². The Labute approximate surface area is 175 Å². The van der Waals surface area contributed by atoms with Gasteiger partial charge in [-0.3, -0.25) is 4.79 Å². The first-order valence-electron chi connectivity index (χ1n) is 9.33. The average Bonchev–Trinajstić information content (AvgIpc) is 3.34. The summed E-state index contributed by atoms with van der Waals surface area (Å²) in [7, 11) is 0. The second-order valence-electron chi connectivity index (χ2n) is 7.15. The van der Waals surface area contributed by atoms with E-state index in [-0.39, 0.29) is 35.5 Å². The van der Waals surface area contributed by atoms with E-state index in [9.17, 15) is 18.0 Å². The summed E-state index contributed by atoms with van der Waals surface area (Å²) in [4.78, 5) is 18.3. The highest BCUT2D eigenvalue weighted by Crippen LogP contribution is 2.33. The summed E-state index contributed by atoms with van der Waals surface area (Å²) in [6.07, 6.45) is -3.54. The van der Waals surface area contributed by atoms with E-state index in [0.717, 1.165) is 17.7 Å². The second kappa shape index (κ2) is 8.10. The van der Waals surface area contributed by atoms with E-state index in [1.54, 1.807) is 17.0 Å². The number of benzene rings is 2. The van der Waals surface area contributed by atoms with Gasteiger partial charge in [-0.05, 0) is 36.2 Å². The number of carbonyl (C=O) groups is 1. The summed E-state index contributed by atoms with van der Waals surface area (Å²) in [5, 5.41) is 4.47. The second-order valence-corrected chi connectivity index (χ2v) is 7.59. The molecule has 9 heteroatoms. The molecule has 4 rings (SSSR count). The number of carbonyl (C=O) groups excluding carboxylic acids is 1. The zero-order valence-corrected chi connectivity index (χ0v) is 16.5. The minimum atomic E-state index is -4.45. The van der Waals surface area contributed by atoms with Crippen molar-refractivity contribution in [3.05, 3.63) is 70.6 Å². The maximum absolute atomic E-state index is 12.9. The average molecular weight is 436 g/mol. The first kappa shape index (κ1) is 20.4. The van der Waals surface area contributed by atoms with Crippen LogP contribution < -0.4 is 0 Å². The van der Waals surface area contributed by atoms with E-state index in [1.807, 2.05) is 12.1 Å². The number of halogens is 4. The van der Waals surface area contributed by atoms with Crippen molar-refractivity contribution in [3.8, 4) is 11.4 Å². The third kappa shape index (κ3) is 4.48. The number of hydrogen-bond acceptors (Lipinski definition) is 4. The van der Waals surface area contributed by atoms with Gasteiger partial charge in [0.15, 0.2) is 0 Å². The topological polar surface area (TPSA) is 59.2 Å². The van der Waals surface area contributed by atoms with E-state index in [0.29, 0.717) is 24.5 Å². The van der Waals surface area contributed by atoms with Gasteiger partial charge in [-0.15, -0.1) is 0 Å². The Balaban J connectivity index is 1.43. The van der Waals surface area contributed by atoms with E-state index in [2.05, 4.69) is 10.1 Å². The van der Waals surface area contributed by atoms with Crippen LogP contribution in [0, 0.1) is 0 Å². The van der Waals surface area contributed by atoms with Gasteiger partial charge in [0.25, 0.3) is 0 Å². The van der Waals surface area contributed by atoms with Crippen molar-refractivity contribution in [2.24, 2.45) is 0 Å². The standard InChI is InChI=1S/C21H17ClF3N3O2/c22-17-6-4-13(5-7-17)8-9-28-12-15(11-18(28)29)20-26-19(27-30-20)14-2-1-3-16(10-14)21(23,24)25/h1-7,10,15H,8-9,11-12H2. The van der Waals surface area contributed by atoms with Crippen molar-refractivity contribution < 1.29 is 22.5 Å². The first-order valence-corrected chi connectivity index (χ1v) is 9.71. The van der Waals surface area contributed by atoms with Crippen LogP contribution in [-0.2, 0) is 17.4 Å². The van der Waals surface area contributed by atoms with Crippen LogP contribution in [0.3, 0.4) is 0 Å². The first-order chi connectivity index (χ1) is 14.3. The Morgan fingerprint density at radius 2 is 1.93 bits per heavy atom. The van der Waals surface area contributed by atoms with Crippen molar-refractivity contribution >= 4 is 17.5 Å². The lowest BCUT2D eigenvalue weighted by molar-refractivity contribution is -0.137. The van der Waals surface area contributed by atoms with E-state index < -0.39 is 11.7 Å². The van der Waals surface area contributed by atoms with Crippen molar-refractivity contribution in [1.29, 1.82) is 0 Å². The number of nitrogens with zero attached hydrogens (tertiary/aromatic N) is 3. The molecule has 1 fully saturated rings. The van der Waals surface area contributed by atoms with Crippen LogP contribution in [0.25, 0.3) is 11.4 Å². The van der Waals surface area contributed by atoms with Crippen LogP contribution in [0.2, 0.25) is 5.02 Å². The van der Waals surface area contributed by atoms with Crippen molar-refractivity contribution in [1.82, 2.24) is 15.0 Å². The Hall–Kier alpha value is -2.87. The third-order valence-corrected chi connectivity index (χ3v) is 5.29. The number of rotatable bonds is 5. The normalized spacial score (nSPS) is 17.0. The zero-order chi connectivity index (χ0) is 21.3. The third-order valence-electron chi connectivity index (χ3n) is 5.04. The summed E-state index contributed by atoms with van der Waals surface area (Å²) >= 11 is 5.88. The van der Waals surface area contributed by atoms with Gasteiger partial charge < -0.3 is 9.42 Å². The SMILES string of the molecule is O=C1CC(c2nc(-c3cccc(C(F)(F)F)c3)no2)CN1CCc1ccc(Cl)cc1. The molecule has 1 amide bonds. The Morgan fingerprint density at radius 1 is 1.17 bits per heavy atom. The molecule has 1 unspecified atom stereocenters. The maximum Gasteiger partial charge on any atom is 0.416 e. The molecule has 156 valence electrons. The highest BCUT2D eigenvalue weighted by atomic mass is 35.5. The molecule has 1 aromatic heterocycles. The molecule has 2 aromatic carbocycles. The van der Waals surface area contributed by atoms with E-state index in [1.165, 1.54) is 12.1 Å². The monoisotopic (exact) mass is 435 g/mol. The van der Waals surface area contributed by atoms with Crippen LogP contribution in [0.15, 0.2) is 53.1 Å². The molecule has 0 bridgehead atoms. The largest absolute Gasteiger partial charge is 0.416 e. The lowest BCUT2D eigenvalue weighted by atomic mass is 10.1. The van der Waals surface area contributed by atoms with Crippen molar-refractivity contribution in [2.45, 2.75) is 24.9 Å². The summed E-state index contributed by atoms with van der Waals surface area (Å²) in [5.41, 5.74) is 0.500. The summed E-state index contributed by atoms with van der Waals surface area (Å²) < 4.78 is 44.0. The van der Waals surface area contributed by atoms with Gasteiger partial charge in [0.05, 0.1) is 11.5 Å². The molecule has 2 heterocycles. The number of aromatic nitrogens is 2. The molecule has 0 saturated carbocycles. The molecule has 0 spiro atoms. The number of hydrogen-bond donors (Lipinski definition) is 0. The maximum atomic E-state index is 12.9. The molecule has 0 N–H and O–H groups in total. The molecule has 1 aliphatic rings. The van der Waals surface area contributed by atoms with Gasteiger partial charge in [-0.25, -0.2) is 0 Å². The molecular weight excluding hydrogens is 419 g/mol. The molecular formula is C21H17ClF3N3O2. The predicted molar refractivity (Wildman–Crippen MR) is 104 cm³/mol. The Kier molecular flexibility index (Phi) is 5.51. The minimum Gasteiger partial charge on any atom is -0.342 e. The molecule has 1 atom stereocenters. The zero-order valence-electron chi connectivity index (χ0n) is 15.7. The summed E-state index contributed by atoms with van der Waals surface area (Å²) in [6.45, 7) is 0.974. The number of alkyl halides is 3. The molecule has 3 aromatic rings. The van der Waals surface area contributed by atoms with E-state index in [4.69, 9.17) is 16.1 Å². The highest BCUT2D eigenvalue weighted by molar-refractivity contribution is 6.30. The van der Waals surface area contributed by atoms with Crippen molar-refractivity contribution in [3.63, 3.8) is 0 Å². The van der Waals surface area contributed by atoms with Crippen molar-refractivity contribution in [2.75, 3.05) is 13.1 Å². The predicted octanol–water partition coefficient (Wildman–Crippen LogP) is 4.97. The fourth-order valence-corrected chi connectivity index (χ4v) is 3.55. The molecule has 0 aliphatic carbocycles.